The summed E-state index contributed by atoms with van der Waals surface area (Å²) in [5.74, 6) is 0.832. The minimum Gasteiger partial charge on any atom is -0.497 e. The van der Waals surface area contributed by atoms with Crippen molar-refractivity contribution in [3.8, 4) is 11.5 Å². The Hall–Kier alpha value is -3.65. The molecule has 2 amide bonds. The van der Waals surface area contributed by atoms with Gasteiger partial charge in [-0.15, -0.1) is 0 Å². The molecular weight excluding hydrogens is 430 g/mol. The molecule has 0 saturated heterocycles. The molecule has 0 fully saturated rings. The van der Waals surface area contributed by atoms with E-state index in [0.29, 0.717) is 24.5 Å². The van der Waals surface area contributed by atoms with Crippen LogP contribution in [0.4, 0.5) is 19.3 Å². The van der Waals surface area contributed by atoms with Crippen LogP contribution in [0.5, 0.6) is 11.5 Å². The Balaban J connectivity index is 1.50. The van der Waals surface area contributed by atoms with Gasteiger partial charge in [0.15, 0.2) is 0 Å². The molecule has 3 rings (SSSR count). The van der Waals surface area contributed by atoms with Crippen molar-refractivity contribution in [3.05, 3.63) is 89.5 Å². The first kappa shape index (κ1) is 24.0. The number of hydrogen-bond donors (Lipinski definition) is 2. The molecule has 0 spiro atoms. The number of amides is 2. The molecule has 174 valence electrons. The Morgan fingerprint density at radius 2 is 1.64 bits per heavy atom. The van der Waals surface area contributed by atoms with Crippen LogP contribution in [0, 0.1) is 0 Å². The van der Waals surface area contributed by atoms with Crippen molar-refractivity contribution in [3.63, 3.8) is 0 Å². The van der Waals surface area contributed by atoms with Crippen LogP contribution in [0.1, 0.15) is 29.7 Å². The standard InChI is InChI=1S/C25H26F2N2O4/c1-17(20-6-4-8-23(14-20)33-24(26)27)28-25(30)29-21-7-3-5-19(13-21)16-32-15-18-9-11-22(31-2)12-10-18/h3-14,17,24H,15-16H2,1-2H3,(H2,28,29,30). The molecule has 0 saturated carbocycles. The van der Waals surface area contributed by atoms with Crippen LogP contribution in [0.3, 0.4) is 0 Å². The third-order valence-electron chi connectivity index (χ3n) is 4.81. The largest absolute Gasteiger partial charge is 0.497 e. The number of nitrogens with one attached hydrogen (secondary N) is 2. The summed E-state index contributed by atoms with van der Waals surface area (Å²) >= 11 is 0. The SMILES string of the molecule is COc1ccc(COCc2cccc(NC(=O)NC(C)c3cccc(OC(F)F)c3)c2)cc1. The average Bonchev–Trinajstić information content (AvgIpc) is 2.79. The Kier molecular flexibility index (Phi) is 8.60. The van der Waals surface area contributed by atoms with Gasteiger partial charge in [-0.2, -0.15) is 8.78 Å². The highest BCUT2D eigenvalue weighted by atomic mass is 19.3. The molecule has 6 nitrogen and oxygen atoms in total. The number of alkyl halides is 2. The van der Waals surface area contributed by atoms with E-state index in [-0.39, 0.29) is 5.75 Å². The second-order valence-electron chi connectivity index (χ2n) is 7.31. The molecule has 0 aromatic heterocycles. The third kappa shape index (κ3) is 7.76. The normalized spacial score (nSPS) is 11.7. The predicted octanol–water partition coefficient (Wildman–Crippen LogP) is 5.90. The summed E-state index contributed by atoms with van der Waals surface area (Å²) in [6, 6.07) is 20.4. The molecule has 1 unspecified atom stereocenters. The summed E-state index contributed by atoms with van der Waals surface area (Å²) < 4.78 is 40.1. The zero-order valence-corrected chi connectivity index (χ0v) is 18.4. The number of ether oxygens (including phenoxy) is 3. The number of carbonyl (C=O) groups is 1. The van der Waals surface area contributed by atoms with E-state index in [1.165, 1.54) is 12.1 Å². The molecule has 0 aliphatic rings. The van der Waals surface area contributed by atoms with E-state index >= 15 is 0 Å². The van der Waals surface area contributed by atoms with Gasteiger partial charge in [-0.1, -0.05) is 36.4 Å². The monoisotopic (exact) mass is 456 g/mol. The van der Waals surface area contributed by atoms with Crippen molar-refractivity contribution in [1.82, 2.24) is 5.32 Å². The summed E-state index contributed by atoms with van der Waals surface area (Å²) in [6.07, 6.45) is 0. The van der Waals surface area contributed by atoms with Crippen molar-refractivity contribution in [2.24, 2.45) is 0 Å². The topological polar surface area (TPSA) is 68.8 Å². The highest BCUT2D eigenvalue weighted by Gasteiger charge is 2.12. The second-order valence-corrected chi connectivity index (χ2v) is 7.31. The number of carbonyl (C=O) groups excluding carboxylic acids is 1. The fourth-order valence-electron chi connectivity index (χ4n) is 3.15. The van der Waals surface area contributed by atoms with Crippen molar-refractivity contribution in [2.45, 2.75) is 32.8 Å². The first-order valence-electron chi connectivity index (χ1n) is 10.3. The molecule has 0 heterocycles. The second kappa shape index (κ2) is 11.8. The number of halogens is 2. The molecule has 1 atom stereocenters. The van der Waals surface area contributed by atoms with E-state index in [1.54, 1.807) is 32.2 Å². The minimum atomic E-state index is -2.90. The fourth-order valence-corrected chi connectivity index (χ4v) is 3.15. The van der Waals surface area contributed by atoms with Gasteiger partial charge in [0.2, 0.25) is 0 Å². The number of hydrogen-bond acceptors (Lipinski definition) is 4. The number of anilines is 1. The van der Waals surface area contributed by atoms with Crippen LogP contribution in [-0.4, -0.2) is 19.8 Å². The maximum atomic E-state index is 12.4. The van der Waals surface area contributed by atoms with E-state index in [1.807, 2.05) is 42.5 Å². The van der Waals surface area contributed by atoms with Crippen molar-refractivity contribution in [1.29, 1.82) is 0 Å². The predicted molar refractivity (Wildman–Crippen MR) is 122 cm³/mol. The van der Waals surface area contributed by atoms with Gasteiger partial charge in [0.05, 0.1) is 26.4 Å². The first-order valence-corrected chi connectivity index (χ1v) is 10.3. The zero-order valence-electron chi connectivity index (χ0n) is 18.4. The molecular formula is C25H26F2N2O4. The van der Waals surface area contributed by atoms with E-state index < -0.39 is 18.7 Å². The first-order chi connectivity index (χ1) is 15.9. The molecule has 3 aromatic carbocycles. The highest BCUT2D eigenvalue weighted by molar-refractivity contribution is 5.89. The summed E-state index contributed by atoms with van der Waals surface area (Å²) in [5, 5.41) is 5.56. The number of benzene rings is 3. The summed E-state index contributed by atoms with van der Waals surface area (Å²) in [4.78, 5) is 12.4. The van der Waals surface area contributed by atoms with Gasteiger partial charge in [0.1, 0.15) is 11.5 Å². The van der Waals surface area contributed by atoms with Gasteiger partial charge in [-0.3, -0.25) is 0 Å². The summed E-state index contributed by atoms with van der Waals surface area (Å²) in [5.41, 5.74) is 3.19. The maximum absolute atomic E-state index is 12.4. The van der Waals surface area contributed by atoms with Crippen LogP contribution in [0.15, 0.2) is 72.8 Å². The summed E-state index contributed by atoms with van der Waals surface area (Å²) in [7, 11) is 1.62. The number of rotatable bonds is 10. The van der Waals surface area contributed by atoms with Crippen LogP contribution in [0.25, 0.3) is 0 Å². The number of urea groups is 1. The van der Waals surface area contributed by atoms with Crippen LogP contribution in [-0.2, 0) is 18.0 Å². The van der Waals surface area contributed by atoms with Crippen molar-refractivity contribution >= 4 is 11.7 Å². The lowest BCUT2D eigenvalue weighted by molar-refractivity contribution is -0.0499. The lowest BCUT2D eigenvalue weighted by Crippen LogP contribution is -2.31. The fraction of sp³-hybridized carbons (Fsp3) is 0.240. The van der Waals surface area contributed by atoms with Gasteiger partial charge in [0, 0.05) is 5.69 Å². The molecule has 0 aliphatic carbocycles. The van der Waals surface area contributed by atoms with Gasteiger partial charge in [-0.05, 0) is 60.0 Å². The quantitative estimate of drug-likeness (QED) is 0.399. The number of methoxy groups -OCH3 is 1. The smallest absolute Gasteiger partial charge is 0.387 e. The van der Waals surface area contributed by atoms with E-state index in [4.69, 9.17) is 9.47 Å². The Morgan fingerprint density at radius 3 is 2.36 bits per heavy atom. The maximum Gasteiger partial charge on any atom is 0.387 e. The molecule has 0 aliphatic heterocycles. The molecule has 3 aromatic rings. The Morgan fingerprint density at radius 1 is 0.909 bits per heavy atom. The molecule has 0 bridgehead atoms. The average molecular weight is 456 g/mol. The minimum absolute atomic E-state index is 0.0406. The van der Waals surface area contributed by atoms with Gasteiger partial charge in [-0.25, -0.2) is 4.79 Å². The van der Waals surface area contributed by atoms with Gasteiger partial charge >= 0.3 is 12.6 Å². The molecule has 2 N–H and O–H groups in total. The van der Waals surface area contributed by atoms with Crippen LogP contribution >= 0.6 is 0 Å². The van der Waals surface area contributed by atoms with Crippen LogP contribution < -0.4 is 20.1 Å². The van der Waals surface area contributed by atoms with E-state index in [9.17, 15) is 13.6 Å². The van der Waals surface area contributed by atoms with Crippen molar-refractivity contribution in [2.75, 3.05) is 12.4 Å². The van der Waals surface area contributed by atoms with E-state index in [2.05, 4.69) is 15.4 Å². The Bertz CT molecular complexity index is 1040. The third-order valence-corrected chi connectivity index (χ3v) is 4.81. The molecule has 0 radical (unpaired) electrons. The van der Waals surface area contributed by atoms with Crippen molar-refractivity contribution < 1.29 is 27.8 Å². The van der Waals surface area contributed by atoms with E-state index in [0.717, 1.165) is 16.9 Å². The highest BCUT2D eigenvalue weighted by Crippen LogP contribution is 2.21. The molecule has 33 heavy (non-hydrogen) atoms. The summed E-state index contributed by atoms with van der Waals surface area (Å²) in [6.45, 7) is -0.311. The zero-order chi connectivity index (χ0) is 23.6. The Labute approximate surface area is 191 Å². The lowest BCUT2D eigenvalue weighted by atomic mass is 10.1. The van der Waals surface area contributed by atoms with Gasteiger partial charge < -0.3 is 24.8 Å². The van der Waals surface area contributed by atoms with Gasteiger partial charge in [0.25, 0.3) is 0 Å². The van der Waals surface area contributed by atoms with Crippen LogP contribution in [0.2, 0.25) is 0 Å². The molecule has 8 heteroatoms. The lowest BCUT2D eigenvalue weighted by Gasteiger charge is -2.16.